The van der Waals surface area contributed by atoms with Gasteiger partial charge in [0.25, 0.3) is 11.8 Å². The molecule has 2 saturated carbocycles. The number of rotatable bonds is 6. The van der Waals surface area contributed by atoms with Crippen molar-refractivity contribution in [1.29, 1.82) is 0 Å². The smallest absolute Gasteiger partial charge is 0.272 e. The average molecular weight is 547 g/mol. The number of anilines is 2. The normalized spacial score (nSPS) is 24.2. The van der Waals surface area contributed by atoms with Crippen molar-refractivity contribution >= 4 is 28.8 Å². The molecule has 4 fully saturated rings. The molecular formula is C33H34N6O2. The van der Waals surface area contributed by atoms with Gasteiger partial charge in [0.1, 0.15) is 5.69 Å². The molecule has 3 aliphatic heterocycles. The van der Waals surface area contributed by atoms with Crippen molar-refractivity contribution in [1.82, 2.24) is 19.8 Å². The molecular weight excluding hydrogens is 512 g/mol. The quantitative estimate of drug-likeness (QED) is 0.455. The highest BCUT2D eigenvalue weighted by molar-refractivity contribution is 6.30. The number of nitrogens with one attached hydrogen (secondary N) is 2. The van der Waals surface area contributed by atoms with E-state index in [9.17, 15) is 9.59 Å². The zero-order valence-electron chi connectivity index (χ0n) is 23.2. The number of carbonyl (C=O) groups is 2. The number of likely N-dealkylation sites (tertiary alicyclic amines) is 2. The Morgan fingerprint density at radius 3 is 2.54 bits per heavy atom. The Kier molecular flexibility index (Phi) is 5.74. The van der Waals surface area contributed by atoms with Crippen molar-refractivity contribution < 1.29 is 9.59 Å². The standard InChI is InChI=1S/C33H34N6O2/c40-31(36-24-7-9-28(35-19-24)32(41)39-12-4-5-13-39)29-25-15-22(6-8-27(25)37-33-16-26(33)30(29)33)23-14-21(17-34-18-23)20-38-10-2-1-3-11-38/h6-9,14-15,17-19,26,37H,1-5,10-13,16,20H2,(H,36,40)/t26?,33-/m1/s1. The van der Waals surface area contributed by atoms with E-state index in [-0.39, 0.29) is 17.4 Å². The van der Waals surface area contributed by atoms with Gasteiger partial charge >= 0.3 is 0 Å². The van der Waals surface area contributed by atoms with Crippen molar-refractivity contribution in [3.05, 3.63) is 77.4 Å². The molecule has 2 atom stereocenters. The molecule has 8 rings (SSSR count). The Morgan fingerprint density at radius 1 is 0.927 bits per heavy atom. The number of nitrogens with zero attached hydrogens (tertiary/aromatic N) is 4. The summed E-state index contributed by atoms with van der Waals surface area (Å²) in [5.74, 6) is 0.274. The maximum absolute atomic E-state index is 13.8. The van der Waals surface area contributed by atoms with Crippen LogP contribution < -0.4 is 10.6 Å². The fourth-order valence-electron chi connectivity index (χ4n) is 7.04. The van der Waals surface area contributed by atoms with Gasteiger partial charge in [-0.1, -0.05) is 12.5 Å². The van der Waals surface area contributed by atoms with E-state index in [1.807, 2.05) is 17.3 Å². The van der Waals surface area contributed by atoms with Gasteiger partial charge in [-0.05, 0) is 92.2 Å². The van der Waals surface area contributed by atoms with Crippen LogP contribution >= 0.6 is 0 Å². The third-order valence-electron chi connectivity index (χ3n) is 9.47. The van der Waals surface area contributed by atoms with Gasteiger partial charge in [0.2, 0.25) is 0 Å². The molecule has 2 saturated heterocycles. The van der Waals surface area contributed by atoms with Gasteiger partial charge < -0.3 is 15.5 Å². The summed E-state index contributed by atoms with van der Waals surface area (Å²) in [7, 11) is 0. The molecule has 8 heteroatoms. The highest BCUT2D eigenvalue weighted by Gasteiger charge is 2.78. The molecule has 1 unspecified atom stereocenters. The van der Waals surface area contributed by atoms with Crippen molar-refractivity contribution in [3.63, 3.8) is 0 Å². The van der Waals surface area contributed by atoms with E-state index in [1.54, 1.807) is 18.3 Å². The molecule has 8 nitrogen and oxygen atoms in total. The van der Waals surface area contributed by atoms with Crippen LogP contribution in [0.2, 0.25) is 0 Å². The minimum atomic E-state index is -0.121. The minimum Gasteiger partial charge on any atom is -0.375 e. The number of pyridine rings is 2. The Balaban J connectivity index is 1.04. The zero-order valence-corrected chi connectivity index (χ0v) is 23.2. The van der Waals surface area contributed by atoms with Gasteiger partial charge in [-0.15, -0.1) is 0 Å². The topological polar surface area (TPSA) is 90.5 Å². The molecule has 2 N–H and O–H groups in total. The largest absolute Gasteiger partial charge is 0.375 e. The SMILES string of the molecule is O=C(Nc1ccc(C(=O)N2CCCC2)nc1)C1=C2C3C[C@]23Nc2ccc(-c3cncc(CN4CCCCC4)c3)cc21. The van der Waals surface area contributed by atoms with Crippen LogP contribution in [0.25, 0.3) is 16.7 Å². The second kappa shape index (κ2) is 9.52. The van der Waals surface area contributed by atoms with E-state index in [4.69, 9.17) is 0 Å². The molecule has 1 aromatic carbocycles. The van der Waals surface area contributed by atoms with Crippen molar-refractivity contribution in [2.24, 2.45) is 5.92 Å². The third-order valence-corrected chi connectivity index (χ3v) is 9.47. The summed E-state index contributed by atoms with van der Waals surface area (Å²) in [6.45, 7) is 4.79. The average Bonchev–Trinajstić information content (AvgIpc) is 3.75. The van der Waals surface area contributed by atoms with E-state index in [0.717, 1.165) is 79.9 Å². The molecule has 3 aromatic rings. The van der Waals surface area contributed by atoms with E-state index in [1.165, 1.54) is 30.4 Å². The molecule has 5 aliphatic rings. The van der Waals surface area contributed by atoms with Gasteiger partial charge in [-0.25, -0.2) is 4.98 Å². The first-order valence-electron chi connectivity index (χ1n) is 15.0. The van der Waals surface area contributed by atoms with Crippen molar-refractivity contribution in [3.8, 4) is 11.1 Å². The van der Waals surface area contributed by atoms with E-state index in [0.29, 0.717) is 17.3 Å². The summed E-state index contributed by atoms with van der Waals surface area (Å²) in [4.78, 5) is 39.7. The van der Waals surface area contributed by atoms with Crippen LogP contribution in [-0.4, -0.2) is 63.3 Å². The lowest BCUT2D eigenvalue weighted by molar-refractivity contribution is -0.111. The predicted octanol–water partition coefficient (Wildman–Crippen LogP) is 4.96. The lowest BCUT2D eigenvalue weighted by Crippen LogP contribution is -2.29. The molecule has 5 heterocycles. The zero-order chi connectivity index (χ0) is 27.6. The van der Waals surface area contributed by atoms with E-state index < -0.39 is 0 Å². The third kappa shape index (κ3) is 4.32. The Hall–Kier alpha value is -4.04. The Morgan fingerprint density at radius 2 is 1.76 bits per heavy atom. The summed E-state index contributed by atoms with van der Waals surface area (Å²) in [6, 6.07) is 12.1. The molecule has 1 spiro atoms. The fourth-order valence-corrected chi connectivity index (χ4v) is 7.04. The molecule has 0 bridgehead atoms. The first kappa shape index (κ1) is 24.7. The number of aromatic nitrogens is 2. The summed E-state index contributed by atoms with van der Waals surface area (Å²) < 4.78 is 0. The highest BCUT2D eigenvalue weighted by Crippen LogP contribution is 2.76. The number of carbonyl (C=O) groups excluding carboxylic acids is 2. The lowest BCUT2D eigenvalue weighted by Gasteiger charge is -2.26. The van der Waals surface area contributed by atoms with Gasteiger partial charge in [-0.3, -0.25) is 19.5 Å². The molecule has 2 aromatic heterocycles. The monoisotopic (exact) mass is 546 g/mol. The van der Waals surface area contributed by atoms with Crippen LogP contribution in [0.1, 0.15) is 60.1 Å². The number of benzene rings is 1. The van der Waals surface area contributed by atoms with Gasteiger partial charge in [-0.2, -0.15) is 0 Å². The number of amides is 2. The summed E-state index contributed by atoms with van der Waals surface area (Å²) >= 11 is 0. The molecule has 208 valence electrons. The Labute approximate surface area is 239 Å². The second-order valence-corrected chi connectivity index (χ2v) is 12.2. The summed E-state index contributed by atoms with van der Waals surface area (Å²) in [5.41, 5.74) is 8.25. The van der Waals surface area contributed by atoms with Crippen LogP contribution in [0.4, 0.5) is 11.4 Å². The number of hydrogen-bond acceptors (Lipinski definition) is 6. The van der Waals surface area contributed by atoms with E-state index in [2.05, 4.69) is 49.8 Å². The van der Waals surface area contributed by atoms with E-state index >= 15 is 0 Å². The van der Waals surface area contributed by atoms with Crippen LogP contribution in [0.15, 0.2) is 60.6 Å². The first-order valence-corrected chi connectivity index (χ1v) is 15.0. The van der Waals surface area contributed by atoms with Crippen molar-refractivity contribution in [2.75, 3.05) is 36.8 Å². The maximum Gasteiger partial charge on any atom is 0.272 e. The molecule has 41 heavy (non-hydrogen) atoms. The molecule has 0 radical (unpaired) electrons. The number of hydrogen-bond donors (Lipinski definition) is 2. The predicted molar refractivity (Wildman–Crippen MR) is 158 cm³/mol. The van der Waals surface area contributed by atoms with Crippen LogP contribution in [0.5, 0.6) is 0 Å². The lowest BCUT2D eigenvalue weighted by atomic mass is 9.91. The minimum absolute atomic E-state index is 0.0264. The molecule has 2 aliphatic carbocycles. The van der Waals surface area contributed by atoms with Crippen molar-refractivity contribution in [2.45, 2.75) is 50.6 Å². The maximum atomic E-state index is 13.8. The first-order chi connectivity index (χ1) is 20.1. The molecule has 2 amide bonds. The number of piperidine rings is 1. The van der Waals surface area contributed by atoms with Gasteiger partial charge in [0.15, 0.2) is 0 Å². The van der Waals surface area contributed by atoms with Crippen LogP contribution in [-0.2, 0) is 11.3 Å². The Bertz CT molecular complexity index is 1590. The second-order valence-electron chi connectivity index (χ2n) is 12.2. The summed E-state index contributed by atoms with van der Waals surface area (Å²) in [5, 5.41) is 6.78. The van der Waals surface area contributed by atoms with Gasteiger partial charge in [0.05, 0.1) is 23.0 Å². The summed E-state index contributed by atoms with van der Waals surface area (Å²) in [6.07, 6.45) is 12.5. The van der Waals surface area contributed by atoms with Gasteiger partial charge in [0, 0.05) is 54.8 Å². The fraction of sp³-hybridized carbons (Fsp3) is 0.394. The number of fused-ring (bicyclic) bond motifs is 2. The van der Waals surface area contributed by atoms with Crippen LogP contribution in [0.3, 0.4) is 0 Å². The van der Waals surface area contributed by atoms with Crippen LogP contribution in [0, 0.1) is 5.92 Å². The highest BCUT2D eigenvalue weighted by atomic mass is 16.2.